The number of thioether (sulfide) groups is 1. The highest BCUT2D eigenvalue weighted by Crippen LogP contribution is 2.27. The van der Waals surface area contributed by atoms with Crippen LogP contribution in [0.2, 0.25) is 5.02 Å². The van der Waals surface area contributed by atoms with Gasteiger partial charge in [-0.2, -0.15) is 0 Å². The molecule has 0 aliphatic heterocycles. The highest BCUT2D eigenvalue weighted by atomic mass is 35.5. The second kappa shape index (κ2) is 9.90. The van der Waals surface area contributed by atoms with Crippen molar-refractivity contribution in [2.24, 2.45) is 0 Å². The van der Waals surface area contributed by atoms with Gasteiger partial charge in [0.05, 0.1) is 7.11 Å². The van der Waals surface area contributed by atoms with Crippen LogP contribution in [0.25, 0.3) is 5.69 Å². The molecule has 0 amide bonds. The smallest absolute Gasteiger partial charge is 0.196 e. The average Bonchev–Trinajstić information content (AvgIpc) is 3.20. The molecule has 0 saturated carbocycles. The summed E-state index contributed by atoms with van der Waals surface area (Å²) in [7, 11) is 1.66. The molecule has 0 unspecified atom stereocenters. The van der Waals surface area contributed by atoms with E-state index >= 15 is 0 Å². The molecule has 4 aromatic rings. The summed E-state index contributed by atoms with van der Waals surface area (Å²) in [5.41, 5.74) is 3.44. The number of benzene rings is 3. The Morgan fingerprint density at radius 3 is 2.39 bits per heavy atom. The molecule has 5 nitrogen and oxygen atoms in total. The van der Waals surface area contributed by atoms with E-state index in [1.165, 1.54) is 11.1 Å². The minimum absolute atomic E-state index is 0.283. The van der Waals surface area contributed by atoms with Crippen LogP contribution in [0.3, 0.4) is 0 Å². The molecule has 0 saturated heterocycles. The fourth-order valence-corrected chi connectivity index (χ4v) is 4.15. The third-order valence-corrected chi connectivity index (χ3v) is 5.92. The Balaban J connectivity index is 1.59. The quantitative estimate of drug-likeness (QED) is 0.302. The van der Waals surface area contributed by atoms with Crippen molar-refractivity contribution in [1.29, 1.82) is 0 Å². The minimum Gasteiger partial charge on any atom is -0.497 e. The van der Waals surface area contributed by atoms with Gasteiger partial charge in [0.15, 0.2) is 11.0 Å². The van der Waals surface area contributed by atoms with Crippen LogP contribution in [0.1, 0.15) is 17.0 Å². The molecule has 0 N–H and O–H groups in total. The van der Waals surface area contributed by atoms with Crippen LogP contribution in [0.4, 0.5) is 0 Å². The Morgan fingerprint density at radius 2 is 1.68 bits per heavy atom. The first-order valence-corrected chi connectivity index (χ1v) is 11.1. The molecule has 3 aromatic carbocycles. The van der Waals surface area contributed by atoms with Gasteiger partial charge in [-0.3, -0.25) is 4.57 Å². The normalized spacial score (nSPS) is 10.8. The third kappa shape index (κ3) is 5.40. The lowest BCUT2D eigenvalue weighted by Gasteiger charge is -2.12. The van der Waals surface area contributed by atoms with Crippen LogP contribution in [0.5, 0.6) is 11.5 Å². The maximum atomic E-state index is 5.96. The molecule has 0 spiro atoms. The summed E-state index contributed by atoms with van der Waals surface area (Å²) >= 11 is 7.61. The van der Waals surface area contributed by atoms with E-state index in [1.54, 1.807) is 31.0 Å². The highest BCUT2D eigenvalue weighted by molar-refractivity contribution is 7.98. The Bertz CT molecular complexity index is 1140. The van der Waals surface area contributed by atoms with Crippen molar-refractivity contribution >= 4 is 23.4 Å². The van der Waals surface area contributed by atoms with Gasteiger partial charge in [-0.1, -0.05) is 53.2 Å². The topological polar surface area (TPSA) is 49.2 Å². The molecule has 0 atom stereocenters. The van der Waals surface area contributed by atoms with Gasteiger partial charge in [0.1, 0.15) is 18.1 Å². The maximum Gasteiger partial charge on any atom is 0.196 e. The number of hydrogen-bond donors (Lipinski definition) is 0. The van der Waals surface area contributed by atoms with Gasteiger partial charge in [0, 0.05) is 16.5 Å². The molecule has 1 aromatic heterocycles. The first-order chi connectivity index (χ1) is 15.1. The summed E-state index contributed by atoms with van der Waals surface area (Å²) in [5.74, 6) is 3.04. The second-order valence-corrected chi connectivity index (χ2v) is 8.33. The summed E-state index contributed by atoms with van der Waals surface area (Å²) < 4.78 is 13.3. The number of halogens is 1. The molecule has 0 radical (unpaired) electrons. The number of nitrogens with zero attached hydrogens (tertiary/aromatic N) is 3. The lowest BCUT2D eigenvalue weighted by molar-refractivity contribution is 0.293. The Hall–Kier alpha value is -2.96. The predicted molar refractivity (Wildman–Crippen MR) is 124 cm³/mol. The second-order valence-electron chi connectivity index (χ2n) is 6.95. The van der Waals surface area contributed by atoms with Crippen LogP contribution >= 0.6 is 23.4 Å². The van der Waals surface area contributed by atoms with Crippen molar-refractivity contribution in [3.05, 3.63) is 94.8 Å². The monoisotopic (exact) mass is 451 g/mol. The van der Waals surface area contributed by atoms with Crippen molar-refractivity contribution in [3.8, 4) is 17.2 Å². The van der Waals surface area contributed by atoms with Gasteiger partial charge < -0.3 is 9.47 Å². The van der Waals surface area contributed by atoms with Crippen LogP contribution < -0.4 is 9.47 Å². The number of rotatable bonds is 8. The van der Waals surface area contributed by atoms with Crippen LogP contribution in [0, 0.1) is 6.92 Å². The van der Waals surface area contributed by atoms with E-state index in [4.69, 9.17) is 21.1 Å². The number of ether oxygens (including phenoxy) is 2. The van der Waals surface area contributed by atoms with Crippen molar-refractivity contribution in [2.75, 3.05) is 7.11 Å². The molecule has 31 heavy (non-hydrogen) atoms. The molecule has 158 valence electrons. The minimum atomic E-state index is 0.283. The molecule has 0 fully saturated rings. The zero-order valence-electron chi connectivity index (χ0n) is 17.3. The third-order valence-electron chi connectivity index (χ3n) is 4.66. The van der Waals surface area contributed by atoms with Crippen LogP contribution in [-0.2, 0) is 12.4 Å². The molecule has 0 aliphatic rings. The van der Waals surface area contributed by atoms with E-state index in [1.807, 2.05) is 41.0 Å². The van der Waals surface area contributed by atoms with E-state index < -0.39 is 0 Å². The van der Waals surface area contributed by atoms with E-state index in [-0.39, 0.29) is 6.61 Å². The summed E-state index contributed by atoms with van der Waals surface area (Å²) in [4.78, 5) is 0. The van der Waals surface area contributed by atoms with Crippen LogP contribution in [-0.4, -0.2) is 21.9 Å². The van der Waals surface area contributed by atoms with Crippen molar-refractivity contribution < 1.29 is 9.47 Å². The molecular weight excluding hydrogens is 430 g/mol. The summed E-state index contributed by atoms with van der Waals surface area (Å²) in [6.07, 6.45) is 0. The van der Waals surface area contributed by atoms with E-state index in [2.05, 4.69) is 41.4 Å². The highest BCUT2D eigenvalue weighted by Gasteiger charge is 2.16. The van der Waals surface area contributed by atoms with Gasteiger partial charge >= 0.3 is 0 Å². The number of methoxy groups -OCH3 is 1. The average molecular weight is 452 g/mol. The molecule has 0 aliphatic carbocycles. The molecule has 1 heterocycles. The largest absolute Gasteiger partial charge is 0.497 e. The predicted octanol–water partition coefficient (Wildman–Crippen LogP) is 6.11. The van der Waals surface area contributed by atoms with Crippen LogP contribution in [0.15, 0.2) is 78.0 Å². The molecule has 4 rings (SSSR count). The number of hydrogen-bond acceptors (Lipinski definition) is 5. The number of aryl methyl sites for hydroxylation is 1. The first kappa shape index (κ1) is 21.3. The summed E-state index contributed by atoms with van der Waals surface area (Å²) in [6.45, 7) is 2.38. The van der Waals surface area contributed by atoms with E-state index in [9.17, 15) is 0 Å². The van der Waals surface area contributed by atoms with Gasteiger partial charge in [-0.15, -0.1) is 10.2 Å². The fourth-order valence-electron chi connectivity index (χ4n) is 3.11. The van der Waals surface area contributed by atoms with Gasteiger partial charge in [-0.05, 0) is 61.0 Å². The van der Waals surface area contributed by atoms with Crippen molar-refractivity contribution in [3.63, 3.8) is 0 Å². The zero-order chi connectivity index (χ0) is 21.6. The molecule has 7 heteroatoms. The molecule has 0 bridgehead atoms. The SMILES string of the molecule is COc1ccc(-n2c(COc3ccc(Cl)cc3)nnc2SCc2cccc(C)c2)cc1. The number of aromatic nitrogens is 3. The van der Waals surface area contributed by atoms with Gasteiger partial charge in [0.2, 0.25) is 0 Å². The van der Waals surface area contributed by atoms with Gasteiger partial charge in [0.25, 0.3) is 0 Å². The van der Waals surface area contributed by atoms with E-state index in [0.717, 1.165) is 28.1 Å². The van der Waals surface area contributed by atoms with Crippen molar-refractivity contribution in [2.45, 2.75) is 24.4 Å². The Morgan fingerprint density at radius 1 is 0.935 bits per heavy atom. The zero-order valence-corrected chi connectivity index (χ0v) is 18.9. The summed E-state index contributed by atoms with van der Waals surface area (Å²) in [6, 6.07) is 23.6. The maximum absolute atomic E-state index is 5.96. The fraction of sp³-hybridized carbons (Fsp3) is 0.167. The molecular formula is C24H22ClN3O2S. The Labute approximate surface area is 191 Å². The lowest BCUT2D eigenvalue weighted by Crippen LogP contribution is -2.06. The van der Waals surface area contributed by atoms with Gasteiger partial charge in [-0.25, -0.2) is 0 Å². The lowest BCUT2D eigenvalue weighted by atomic mass is 10.2. The standard InChI is InChI=1S/C24H22ClN3O2S/c1-17-4-3-5-18(14-17)16-31-24-27-26-23(15-30-22-10-6-19(25)7-11-22)28(24)20-8-12-21(29-2)13-9-20/h3-14H,15-16H2,1-2H3. The van der Waals surface area contributed by atoms with E-state index in [0.29, 0.717) is 10.8 Å². The summed E-state index contributed by atoms with van der Waals surface area (Å²) in [5, 5.41) is 10.3. The van der Waals surface area contributed by atoms with Crippen molar-refractivity contribution in [1.82, 2.24) is 14.8 Å². The Kier molecular flexibility index (Phi) is 6.79. The first-order valence-electron chi connectivity index (χ1n) is 9.78.